The fourth-order valence-corrected chi connectivity index (χ4v) is 5.76. The van der Waals surface area contributed by atoms with Crippen LogP contribution in [0.15, 0.2) is 29.6 Å². The zero-order valence-electron chi connectivity index (χ0n) is 21.3. The van der Waals surface area contributed by atoms with Crippen LogP contribution in [-0.4, -0.2) is 43.5 Å². The molecule has 8 heteroatoms. The summed E-state index contributed by atoms with van der Waals surface area (Å²) in [6.45, 7) is 14.4. The maximum atomic E-state index is 12.2. The molecule has 0 aromatic carbocycles. The Bertz CT molecular complexity index is 1150. The third kappa shape index (κ3) is 4.69. The number of aryl methyl sites for hydroxylation is 1. The van der Waals surface area contributed by atoms with E-state index in [4.69, 9.17) is 5.10 Å². The summed E-state index contributed by atoms with van der Waals surface area (Å²) < 4.78 is 4.13. The van der Waals surface area contributed by atoms with Crippen LogP contribution < -0.4 is 4.90 Å². The summed E-state index contributed by atoms with van der Waals surface area (Å²) in [5.41, 5.74) is 7.78. The van der Waals surface area contributed by atoms with Crippen molar-refractivity contribution in [3.8, 4) is 0 Å². The monoisotopic (exact) mass is 698 g/mol. The fraction of sp³-hybridized carbons (Fsp3) is 0.519. The SMILES string of the molecule is [CH2-]CC(C[CH2-])n1nc(N2CCCC3=C2C=CC(c2cnn(C)c2C)C3)c2c1CCN(C(C)=O)C2.[U+2]. The van der Waals surface area contributed by atoms with Gasteiger partial charge in [0, 0.05) is 67.6 Å². The first-order chi connectivity index (χ1) is 16.4. The van der Waals surface area contributed by atoms with E-state index in [0.717, 1.165) is 57.4 Å². The van der Waals surface area contributed by atoms with Crippen LogP contribution in [0.2, 0.25) is 0 Å². The Balaban J connectivity index is 0.00000289. The largest absolute Gasteiger partial charge is 2.00 e. The van der Waals surface area contributed by atoms with Gasteiger partial charge in [-0.05, 0) is 43.9 Å². The average Bonchev–Trinajstić information content (AvgIpc) is 3.39. The van der Waals surface area contributed by atoms with Gasteiger partial charge in [0.05, 0.1) is 12.7 Å². The van der Waals surface area contributed by atoms with Gasteiger partial charge in [0.25, 0.3) is 0 Å². The molecule has 0 N–H and O–H groups in total. The second-order valence-corrected chi connectivity index (χ2v) is 9.84. The smallest absolute Gasteiger partial charge is 0.341 e. The Morgan fingerprint density at radius 2 is 2.00 bits per heavy atom. The van der Waals surface area contributed by atoms with Crippen LogP contribution in [0.5, 0.6) is 0 Å². The van der Waals surface area contributed by atoms with E-state index in [-0.39, 0.29) is 43.1 Å². The van der Waals surface area contributed by atoms with Crippen molar-refractivity contribution in [2.45, 2.75) is 70.9 Å². The molecule has 0 fully saturated rings. The second-order valence-electron chi connectivity index (χ2n) is 9.84. The molecule has 1 unspecified atom stereocenters. The number of carbonyl (C=O) groups excluding carboxylic acids is 1. The molecule has 4 heterocycles. The van der Waals surface area contributed by atoms with Gasteiger partial charge in [-0.15, -0.1) is 0 Å². The predicted octanol–water partition coefficient (Wildman–Crippen LogP) is 4.42. The van der Waals surface area contributed by atoms with Crippen LogP contribution in [0, 0.1) is 51.9 Å². The maximum Gasteiger partial charge on any atom is 2.00 e. The van der Waals surface area contributed by atoms with Gasteiger partial charge in [-0.1, -0.05) is 6.08 Å². The van der Waals surface area contributed by atoms with Crippen molar-refractivity contribution in [2.24, 2.45) is 7.05 Å². The molecular weight excluding hydrogens is 662 g/mol. The van der Waals surface area contributed by atoms with E-state index in [1.54, 1.807) is 6.92 Å². The van der Waals surface area contributed by atoms with Crippen LogP contribution in [-0.2, 0) is 24.8 Å². The first-order valence-corrected chi connectivity index (χ1v) is 12.5. The van der Waals surface area contributed by atoms with Crippen molar-refractivity contribution in [1.82, 2.24) is 24.5 Å². The maximum absolute atomic E-state index is 12.2. The van der Waals surface area contributed by atoms with E-state index in [2.05, 4.69) is 47.6 Å². The molecular formula is C27H36N6OU. The third-order valence-corrected chi connectivity index (χ3v) is 7.92. The molecule has 0 bridgehead atoms. The van der Waals surface area contributed by atoms with Gasteiger partial charge in [-0.3, -0.25) is 14.2 Å². The summed E-state index contributed by atoms with van der Waals surface area (Å²) >= 11 is 0. The van der Waals surface area contributed by atoms with Crippen LogP contribution >= 0.6 is 0 Å². The first kappa shape index (κ1) is 26.3. The molecule has 0 radical (unpaired) electrons. The molecule has 0 spiro atoms. The second kappa shape index (κ2) is 10.7. The van der Waals surface area contributed by atoms with E-state index in [0.29, 0.717) is 12.5 Å². The van der Waals surface area contributed by atoms with Gasteiger partial charge in [0.1, 0.15) is 0 Å². The van der Waals surface area contributed by atoms with E-state index in [1.165, 1.54) is 33.8 Å². The number of allylic oxidation sites excluding steroid dienone is 3. The minimum Gasteiger partial charge on any atom is -0.341 e. The molecule has 2 aromatic rings. The Kier molecular flexibility index (Phi) is 8.02. The summed E-state index contributed by atoms with van der Waals surface area (Å²) in [5.74, 6) is 1.51. The van der Waals surface area contributed by atoms with Crippen molar-refractivity contribution < 1.29 is 35.9 Å². The molecule has 3 aliphatic rings. The summed E-state index contributed by atoms with van der Waals surface area (Å²) in [4.78, 5) is 16.6. The molecule has 1 amide bonds. The number of amides is 1. The van der Waals surface area contributed by atoms with Crippen LogP contribution in [0.3, 0.4) is 0 Å². The Labute approximate surface area is 233 Å². The van der Waals surface area contributed by atoms with Crippen molar-refractivity contribution in [3.05, 3.63) is 66.0 Å². The van der Waals surface area contributed by atoms with Crippen molar-refractivity contribution >= 4 is 11.7 Å². The quantitative estimate of drug-likeness (QED) is 0.435. The number of aromatic nitrogens is 4. The number of fused-ring (bicyclic) bond motifs is 1. The van der Waals surface area contributed by atoms with Crippen LogP contribution in [0.4, 0.5) is 5.82 Å². The Hall–Kier alpha value is -1.78. The standard InChI is InChI=1S/C27H36N6O.U/c1-6-22(7-2)33-26-12-14-31(19(4)34)17-24(26)27(29-33)32-13-8-9-21-15-20(10-11-25(21)32)23-16-28-30(5)18(23)3;/h10-11,16,20,22H,1-2,6-9,12-15,17H2,3-5H3;/q-2;+2. The van der Waals surface area contributed by atoms with E-state index >= 15 is 0 Å². The van der Waals surface area contributed by atoms with Crippen molar-refractivity contribution in [3.63, 3.8) is 0 Å². The first-order valence-electron chi connectivity index (χ1n) is 12.5. The number of rotatable bonds is 5. The normalized spacial score (nSPS) is 19.7. The molecule has 35 heavy (non-hydrogen) atoms. The molecule has 0 saturated carbocycles. The minimum atomic E-state index is 0. The van der Waals surface area contributed by atoms with Gasteiger partial charge in [0.15, 0.2) is 5.82 Å². The van der Waals surface area contributed by atoms with Gasteiger partial charge >= 0.3 is 31.1 Å². The van der Waals surface area contributed by atoms with Crippen LogP contribution in [0.1, 0.15) is 73.5 Å². The van der Waals surface area contributed by atoms with Gasteiger partial charge in [-0.25, -0.2) is 0 Å². The van der Waals surface area contributed by atoms with E-state index in [1.807, 2.05) is 22.8 Å². The summed E-state index contributed by atoms with van der Waals surface area (Å²) in [5, 5.41) is 9.64. The molecule has 7 nitrogen and oxygen atoms in total. The Morgan fingerprint density at radius 3 is 2.66 bits per heavy atom. The number of anilines is 1. The summed E-state index contributed by atoms with van der Waals surface area (Å²) in [6, 6.07) is 0.185. The predicted molar refractivity (Wildman–Crippen MR) is 134 cm³/mol. The average molecular weight is 699 g/mol. The van der Waals surface area contributed by atoms with Gasteiger partial charge < -0.3 is 23.6 Å². The van der Waals surface area contributed by atoms with Gasteiger partial charge in [0.2, 0.25) is 5.91 Å². The summed E-state index contributed by atoms with van der Waals surface area (Å²) in [6.07, 6.45) is 12.2. The number of nitrogens with zero attached hydrogens (tertiary/aromatic N) is 6. The van der Waals surface area contributed by atoms with Crippen LogP contribution in [0.25, 0.3) is 0 Å². The zero-order valence-corrected chi connectivity index (χ0v) is 25.4. The molecule has 1 aliphatic carbocycles. The third-order valence-electron chi connectivity index (χ3n) is 7.92. The van der Waals surface area contributed by atoms with E-state index < -0.39 is 0 Å². The number of hydrogen-bond acceptors (Lipinski definition) is 4. The topological polar surface area (TPSA) is 59.2 Å². The summed E-state index contributed by atoms with van der Waals surface area (Å²) in [7, 11) is 2.01. The van der Waals surface area contributed by atoms with Crippen molar-refractivity contribution in [2.75, 3.05) is 18.0 Å². The molecule has 1 atom stereocenters. The van der Waals surface area contributed by atoms with Crippen molar-refractivity contribution in [1.29, 1.82) is 0 Å². The number of carbonyl (C=O) groups is 1. The Morgan fingerprint density at radius 1 is 1.23 bits per heavy atom. The fourth-order valence-electron chi connectivity index (χ4n) is 5.76. The zero-order chi connectivity index (χ0) is 24.0. The van der Waals surface area contributed by atoms with E-state index in [9.17, 15) is 4.79 Å². The molecule has 184 valence electrons. The molecule has 5 rings (SSSR count). The molecule has 2 aromatic heterocycles. The molecule has 2 aliphatic heterocycles. The molecule has 0 saturated heterocycles. The minimum absolute atomic E-state index is 0. The van der Waals surface area contributed by atoms with Gasteiger partial charge in [-0.2, -0.15) is 23.0 Å². The number of hydrogen-bond donors (Lipinski definition) is 0.